The maximum absolute atomic E-state index is 4.69. The Hall–Kier alpha value is -3.91. The number of hydrogen-bond acceptors (Lipinski definition) is 8. The summed E-state index contributed by atoms with van der Waals surface area (Å²) in [6, 6.07) is 18.2. The summed E-state index contributed by atoms with van der Waals surface area (Å²) >= 11 is 0. The molecule has 34 heavy (non-hydrogen) atoms. The second-order valence-corrected chi connectivity index (χ2v) is 9.22. The zero-order valence-electron chi connectivity index (χ0n) is 19.1. The van der Waals surface area contributed by atoms with E-state index in [1.54, 1.807) is 12.4 Å². The molecule has 1 spiro atoms. The summed E-state index contributed by atoms with van der Waals surface area (Å²) in [7, 11) is 0. The normalized spacial score (nSPS) is 16.1. The smallest absolute Gasteiger partial charge is 0.180 e. The van der Waals surface area contributed by atoms with E-state index in [1.165, 1.54) is 11.3 Å². The van der Waals surface area contributed by atoms with E-state index in [1.807, 2.05) is 37.3 Å². The van der Waals surface area contributed by atoms with Crippen molar-refractivity contribution in [3.8, 4) is 11.5 Å². The molecule has 0 unspecified atom stereocenters. The van der Waals surface area contributed by atoms with E-state index in [0.717, 1.165) is 43.4 Å². The molecule has 0 radical (unpaired) electrons. The fraction of sp³-hybridized carbons (Fsp3) is 0.269. The maximum atomic E-state index is 4.69. The van der Waals surface area contributed by atoms with Crippen molar-refractivity contribution in [2.75, 3.05) is 36.4 Å². The van der Waals surface area contributed by atoms with E-state index in [0.29, 0.717) is 29.3 Å². The minimum Gasteiger partial charge on any atom is -0.370 e. The van der Waals surface area contributed by atoms with Gasteiger partial charge in [0, 0.05) is 61.8 Å². The highest BCUT2D eigenvalue weighted by atomic mass is 15.3. The van der Waals surface area contributed by atoms with Crippen molar-refractivity contribution >= 4 is 17.3 Å². The zero-order valence-corrected chi connectivity index (χ0v) is 19.1. The predicted molar refractivity (Wildman–Crippen MR) is 132 cm³/mol. The van der Waals surface area contributed by atoms with Gasteiger partial charge in [0.05, 0.1) is 0 Å². The number of nitrogens with one attached hydrogen (secondary N) is 2. The van der Waals surface area contributed by atoms with Gasteiger partial charge in [-0.2, -0.15) is 0 Å². The molecule has 2 N–H and O–H groups in total. The molecular weight excluding hydrogens is 424 g/mol. The lowest BCUT2D eigenvalue weighted by Gasteiger charge is -2.57. The fourth-order valence-corrected chi connectivity index (χ4v) is 4.56. The van der Waals surface area contributed by atoms with E-state index in [2.05, 4.69) is 64.7 Å². The third-order valence-electron chi connectivity index (χ3n) is 6.45. The number of nitrogens with zero attached hydrogens (tertiary/aromatic N) is 6. The van der Waals surface area contributed by atoms with Crippen molar-refractivity contribution in [3.63, 3.8) is 0 Å². The summed E-state index contributed by atoms with van der Waals surface area (Å²) in [6.45, 7) is 6.57. The first kappa shape index (κ1) is 20.7. The average Bonchev–Trinajstić information content (AvgIpc) is 2.79. The Morgan fingerprint density at radius 3 is 2.38 bits per heavy atom. The summed E-state index contributed by atoms with van der Waals surface area (Å²) in [5, 5.41) is 6.66. The number of hydrogen-bond donors (Lipinski definition) is 2. The van der Waals surface area contributed by atoms with E-state index < -0.39 is 0 Å². The average molecular weight is 451 g/mol. The van der Waals surface area contributed by atoms with Gasteiger partial charge in [-0.25, -0.2) is 24.9 Å². The summed E-state index contributed by atoms with van der Waals surface area (Å²) in [4.78, 5) is 25.1. The Bertz CT molecular complexity index is 1310. The Labute approximate surface area is 198 Å². The molecule has 2 aliphatic rings. The quantitative estimate of drug-likeness (QED) is 0.462. The van der Waals surface area contributed by atoms with Crippen LogP contribution in [0.25, 0.3) is 11.5 Å². The summed E-state index contributed by atoms with van der Waals surface area (Å²) in [5.74, 6) is 2.69. The van der Waals surface area contributed by atoms with E-state index in [-0.39, 0.29) is 0 Å². The molecular formula is C26H26N8. The van der Waals surface area contributed by atoms with Crippen LogP contribution in [0.4, 0.5) is 17.3 Å². The number of pyridine rings is 1. The van der Waals surface area contributed by atoms with E-state index in [4.69, 9.17) is 0 Å². The zero-order chi connectivity index (χ0) is 23.0. The molecule has 0 saturated carbocycles. The molecule has 4 aromatic rings. The Balaban J connectivity index is 1.12. The number of aromatic nitrogens is 5. The molecule has 0 aliphatic carbocycles. The monoisotopic (exact) mass is 450 g/mol. The van der Waals surface area contributed by atoms with Gasteiger partial charge in [-0.3, -0.25) is 0 Å². The standard InChI is InChI=1S/C26H26N8/c1-18-3-2-4-21(30-18)25-29-12-10-23(33-25)31-22-9-11-28-24(32-22)13-19-5-7-20(8-6-19)34-16-26(17-34)14-27-15-26/h2-12,27H,13-17H2,1H3,(H,28,29,31,32,33). The maximum Gasteiger partial charge on any atom is 0.180 e. The largest absolute Gasteiger partial charge is 0.370 e. The first-order chi connectivity index (χ1) is 16.6. The molecule has 0 atom stereocenters. The lowest BCUT2D eigenvalue weighted by atomic mass is 9.74. The van der Waals surface area contributed by atoms with Crippen molar-refractivity contribution in [2.24, 2.45) is 5.41 Å². The van der Waals surface area contributed by atoms with Gasteiger partial charge >= 0.3 is 0 Å². The van der Waals surface area contributed by atoms with Gasteiger partial charge in [0.15, 0.2) is 5.82 Å². The lowest BCUT2D eigenvalue weighted by Crippen LogP contribution is -2.71. The molecule has 3 aromatic heterocycles. The molecule has 5 heterocycles. The van der Waals surface area contributed by atoms with E-state index >= 15 is 0 Å². The van der Waals surface area contributed by atoms with Crippen molar-refractivity contribution < 1.29 is 0 Å². The highest BCUT2D eigenvalue weighted by molar-refractivity contribution is 5.57. The molecule has 0 bridgehead atoms. The summed E-state index contributed by atoms with van der Waals surface area (Å²) in [6.07, 6.45) is 4.17. The molecule has 170 valence electrons. The van der Waals surface area contributed by atoms with Gasteiger partial charge in [-0.15, -0.1) is 0 Å². The number of aryl methyl sites for hydroxylation is 1. The molecule has 2 aliphatic heterocycles. The first-order valence-electron chi connectivity index (χ1n) is 11.5. The van der Waals surface area contributed by atoms with Gasteiger partial charge in [-0.05, 0) is 48.9 Å². The van der Waals surface area contributed by atoms with Gasteiger partial charge < -0.3 is 15.5 Å². The molecule has 8 heteroatoms. The van der Waals surface area contributed by atoms with Crippen LogP contribution < -0.4 is 15.5 Å². The molecule has 8 nitrogen and oxygen atoms in total. The van der Waals surface area contributed by atoms with Crippen LogP contribution in [0.1, 0.15) is 17.1 Å². The Morgan fingerprint density at radius 1 is 0.882 bits per heavy atom. The van der Waals surface area contributed by atoms with Gasteiger partial charge in [0.2, 0.25) is 0 Å². The van der Waals surface area contributed by atoms with Crippen LogP contribution in [0, 0.1) is 12.3 Å². The highest BCUT2D eigenvalue weighted by Crippen LogP contribution is 2.37. The minimum absolute atomic E-state index is 0.529. The molecule has 2 fully saturated rings. The van der Waals surface area contributed by atoms with Crippen molar-refractivity contribution in [1.29, 1.82) is 0 Å². The Kier molecular flexibility index (Phi) is 5.15. The van der Waals surface area contributed by atoms with Crippen LogP contribution in [0.3, 0.4) is 0 Å². The van der Waals surface area contributed by atoms with Crippen LogP contribution in [-0.2, 0) is 6.42 Å². The number of anilines is 3. The van der Waals surface area contributed by atoms with Gasteiger partial charge in [0.25, 0.3) is 0 Å². The first-order valence-corrected chi connectivity index (χ1v) is 11.5. The van der Waals surface area contributed by atoms with Crippen LogP contribution in [0.5, 0.6) is 0 Å². The predicted octanol–water partition coefficient (Wildman–Crippen LogP) is 3.38. The lowest BCUT2D eigenvalue weighted by molar-refractivity contribution is 0.121. The second-order valence-electron chi connectivity index (χ2n) is 9.22. The highest BCUT2D eigenvalue weighted by Gasteiger charge is 2.47. The number of rotatable bonds is 6. The molecule has 1 aromatic carbocycles. The topological polar surface area (TPSA) is 91.8 Å². The molecule has 6 rings (SSSR count). The third kappa shape index (κ3) is 4.20. The van der Waals surface area contributed by atoms with Crippen LogP contribution in [-0.4, -0.2) is 51.1 Å². The van der Waals surface area contributed by atoms with Gasteiger partial charge in [-0.1, -0.05) is 18.2 Å². The number of benzene rings is 1. The van der Waals surface area contributed by atoms with Crippen LogP contribution in [0.2, 0.25) is 0 Å². The molecule has 2 saturated heterocycles. The summed E-state index contributed by atoms with van der Waals surface area (Å²) < 4.78 is 0. The molecule has 0 amide bonds. The van der Waals surface area contributed by atoms with Crippen molar-refractivity contribution in [2.45, 2.75) is 13.3 Å². The SMILES string of the molecule is Cc1cccc(-c2nccc(Nc3ccnc(Cc4ccc(N5CC6(CNC6)C5)cc4)n3)n2)n1. The van der Waals surface area contributed by atoms with E-state index in [9.17, 15) is 0 Å². The Morgan fingerprint density at radius 2 is 1.65 bits per heavy atom. The van der Waals surface area contributed by atoms with Crippen molar-refractivity contribution in [1.82, 2.24) is 30.2 Å². The van der Waals surface area contributed by atoms with Crippen LogP contribution in [0.15, 0.2) is 67.0 Å². The summed E-state index contributed by atoms with van der Waals surface area (Å²) in [5.41, 5.74) is 4.68. The third-order valence-corrected chi connectivity index (χ3v) is 6.45. The minimum atomic E-state index is 0.529. The van der Waals surface area contributed by atoms with Gasteiger partial charge in [0.1, 0.15) is 23.2 Å². The fourth-order valence-electron chi connectivity index (χ4n) is 4.56. The van der Waals surface area contributed by atoms with Crippen molar-refractivity contribution in [3.05, 3.63) is 84.1 Å². The van der Waals surface area contributed by atoms with Crippen LogP contribution >= 0.6 is 0 Å². The second kappa shape index (κ2) is 8.46.